The SMILES string of the molecule is CCCc1cc(N2C[C@@H](C)C[C@H](C)C2)n2nc3nc(C)cc(C)c3c2n1. The lowest BCUT2D eigenvalue weighted by Gasteiger charge is -2.36. The Labute approximate surface area is 155 Å². The smallest absolute Gasteiger partial charge is 0.184 e. The van der Waals surface area contributed by atoms with Gasteiger partial charge < -0.3 is 4.90 Å². The van der Waals surface area contributed by atoms with Gasteiger partial charge in [-0.15, -0.1) is 5.10 Å². The van der Waals surface area contributed by atoms with Crippen LogP contribution in [0.15, 0.2) is 12.1 Å². The highest BCUT2D eigenvalue weighted by Gasteiger charge is 2.25. The molecule has 26 heavy (non-hydrogen) atoms. The van der Waals surface area contributed by atoms with Crippen LogP contribution in [0, 0.1) is 25.7 Å². The Bertz CT molecular complexity index is 948. The zero-order chi connectivity index (χ0) is 18.4. The first-order chi connectivity index (χ1) is 12.5. The predicted octanol–water partition coefficient (Wildman–Crippen LogP) is 4.33. The fourth-order valence-electron chi connectivity index (χ4n) is 4.51. The summed E-state index contributed by atoms with van der Waals surface area (Å²) >= 11 is 0. The summed E-state index contributed by atoms with van der Waals surface area (Å²) in [6.07, 6.45) is 3.39. The molecule has 0 unspecified atom stereocenters. The first-order valence-electron chi connectivity index (χ1n) is 9.87. The predicted molar refractivity (Wildman–Crippen MR) is 107 cm³/mol. The molecule has 2 atom stereocenters. The van der Waals surface area contributed by atoms with Crippen LogP contribution in [0.1, 0.15) is 50.6 Å². The standard InChI is InChI=1S/C21H29N5/c1-6-7-17-10-18(25-11-13(2)8-14(3)12-25)26-21(23-17)19-15(4)9-16(5)22-20(19)24-26/h9-10,13-14H,6-8,11-12H2,1-5H3/t13-,14-/m0/s1. The lowest BCUT2D eigenvalue weighted by molar-refractivity contribution is 0.354. The van der Waals surface area contributed by atoms with Crippen molar-refractivity contribution in [2.75, 3.05) is 18.0 Å². The topological polar surface area (TPSA) is 46.3 Å². The Morgan fingerprint density at radius 3 is 2.50 bits per heavy atom. The zero-order valence-corrected chi connectivity index (χ0v) is 16.6. The molecule has 3 aromatic heterocycles. The van der Waals surface area contributed by atoms with Crippen LogP contribution in [0.4, 0.5) is 5.82 Å². The number of aryl methyl sites for hydroxylation is 3. The first-order valence-corrected chi connectivity index (χ1v) is 9.87. The van der Waals surface area contributed by atoms with E-state index < -0.39 is 0 Å². The highest BCUT2D eigenvalue weighted by atomic mass is 15.4. The van der Waals surface area contributed by atoms with E-state index in [0.29, 0.717) is 11.8 Å². The van der Waals surface area contributed by atoms with E-state index >= 15 is 0 Å². The minimum atomic E-state index is 0.698. The maximum atomic E-state index is 4.97. The van der Waals surface area contributed by atoms with E-state index in [2.05, 4.69) is 49.7 Å². The summed E-state index contributed by atoms with van der Waals surface area (Å²) in [5.74, 6) is 2.57. The van der Waals surface area contributed by atoms with Gasteiger partial charge in [-0.2, -0.15) is 4.52 Å². The Morgan fingerprint density at radius 2 is 1.81 bits per heavy atom. The van der Waals surface area contributed by atoms with Crippen molar-refractivity contribution in [3.63, 3.8) is 0 Å². The fourth-order valence-corrected chi connectivity index (χ4v) is 4.51. The van der Waals surface area contributed by atoms with Gasteiger partial charge in [0.05, 0.1) is 5.39 Å². The molecule has 0 bridgehead atoms. The number of pyridine rings is 1. The van der Waals surface area contributed by atoms with Crippen molar-refractivity contribution in [3.8, 4) is 0 Å². The lowest BCUT2D eigenvalue weighted by Crippen LogP contribution is -2.39. The van der Waals surface area contributed by atoms with E-state index in [1.54, 1.807) is 0 Å². The van der Waals surface area contributed by atoms with E-state index in [9.17, 15) is 0 Å². The molecular weight excluding hydrogens is 322 g/mol. The summed E-state index contributed by atoms with van der Waals surface area (Å²) in [7, 11) is 0. The first kappa shape index (κ1) is 17.3. The quantitative estimate of drug-likeness (QED) is 0.705. The van der Waals surface area contributed by atoms with Gasteiger partial charge in [0.15, 0.2) is 11.3 Å². The number of nitrogens with zero attached hydrogens (tertiary/aromatic N) is 5. The van der Waals surface area contributed by atoms with Crippen LogP contribution < -0.4 is 4.90 Å². The number of aromatic nitrogens is 4. The van der Waals surface area contributed by atoms with Crippen LogP contribution in [-0.4, -0.2) is 32.7 Å². The van der Waals surface area contributed by atoms with E-state index in [-0.39, 0.29) is 0 Å². The van der Waals surface area contributed by atoms with E-state index in [0.717, 1.165) is 54.0 Å². The Hall–Kier alpha value is -2.17. The van der Waals surface area contributed by atoms with Crippen LogP contribution in [0.5, 0.6) is 0 Å². The molecule has 1 saturated heterocycles. The van der Waals surface area contributed by atoms with Crippen molar-refractivity contribution in [1.82, 2.24) is 19.6 Å². The van der Waals surface area contributed by atoms with E-state index in [1.807, 2.05) is 11.4 Å². The second-order valence-electron chi connectivity index (χ2n) is 8.22. The summed E-state index contributed by atoms with van der Waals surface area (Å²) < 4.78 is 2.04. The summed E-state index contributed by atoms with van der Waals surface area (Å²) in [6, 6.07) is 4.37. The maximum Gasteiger partial charge on any atom is 0.184 e. The molecule has 0 N–H and O–H groups in total. The number of hydrogen-bond acceptors (Lipinski definition) is 4. The van der Waals surface area contributed by atoms with Crippen LogP contribution in [0.2, 0.25) is 0 Å². The number of fused-ring (bicyclic) bond motifs is 3. The fraction of sp³-hybridized carbons (Fsp3) is 0.571. The molecular formula is C21H29N5. The Morgan fingerprint density at radius 1 is 1.08 bits per heavy atom. The van der Waals surface area contributed by atoms with Gasteiger partial charge in [0.2, 0.25) is 0 Å². The summed E-state index contributed by atoms with van der Waals surface area (Å²) in [5.41, 5.74) is 5.13. The van der Waals surface area contributed by atoms with Gasteiger partial charge >= 0.3 is 0 Å². The number of rotatable bonds is 3. The Balaban J connectivity index is 1.97. The normalized spacial score (nSPS) is 21.0. The van der Waals surface area contributed by atoms with Crippen molar-refractivity contribution < 1.29 is 0 Å². The molecule has 4 heterocycles. The van der Waals surface area contributed by atoms with Gasteiger partial charge in [0.1, 0.15) is 5.82 Å². The molecule has 5 nitrogen and oxygen atoms in total. The number of piperidine rings is 1. The number of hydrogen-bond donors (Lipinski definition) is 0. The average molecular weight is 351 g/mol. The molecule has 0 radical (unpaired) electrons. The molecule has 0 aliphatic carbocycles. The molecule has 1 aliphatic heterocycles. The molecule has 0 saturated carbocycles. The summed E-state index contributed by atoms with van der Waals surface area (Å²) in [6.45, 7) is 13.2. The van der Waals surface area contributed by atoms with Crippen LogP contribution in [0.25, 0.3) is 16.7 Å². The average Bonchev–Trinajstić information content (AvgIpc) is 2.91. The van der Waals surface area contributed by atoms with E-state index in [4.69, 9.17) is 10.1 Å². The van der Waals surface area contributed by atoms with Gasteiger partial charge in [-0.05, 0) is 50.2 Å². The molecule has 1 fully saturated rings. The van der Waals surface area contributed by atoms with Gasteiger partial charge in [-0.3, -0.25) is 0 Å². The third kappa shape index (κ3) is 2.93. The molecule has 3 aromatic rings. The van der Waals surface area contributed by atoms with Crippen LogP contribution in [-0.2, 0) is 6.42 Å². The van der Waals surface area contributed by atoms with Crippen molar-refractivity contribution in [1.29, 1.82) is 0 Å². The minimum Gasteiger partial charge on any atom is -0.356 e. The second kappa shape index (κ2) is 6.53. The second-order valence-corrected chi connectivity index (χ2v) is 8.22. The number of anilines is 1. The molecule has 1 aliphatic rings. The largest absolute Gasteiger partial charge is 0.356 e. The van der Waals surface area contributed by atoms with Crippen LogP contribution in [0.3, 0.4) is 0 Å². The third-order valence-corrected chi connectivity index (χ3v) is 5.41. The zero-order valence-electron chi connectivity index (χ0n) is 16.6. The summed E-state index contributed by atoms with van der Waals surface area (Å²) in [5, 5.41) is 5.96. The van der Waals surface area contributed by atoms with Gasteiger partial charge in [-0.25, -0.2) is 9.97 Å². The highest BCUT2D eigenvalue weighted by molar-refractivity contribution is 5.93. The maximum absolute atomic E-state index is 4.97. The van der Waals surface area contributed by atoms with Crippen molar-refractivity contribution in [3.05, 3.63) is 29.1 Å². The third-order valence-electron chi connectivity index (χ3n) is 5.41. The Kier molecular flexibility index (Phi) is 4.33. The lowest BCUT2D eigenvalue weighted by atomic mass is 9.92. The van der Waals surface area contributed by atoms with Gasteiger partial charge in [0, 0.05) is 30.5 Å². The highest BCUT2D eigenvalue weighted by Crippen LogP contribution is 2.30. The minimum absolute atomic E-state index is 0.698. The van der Waals surface area contributed by atoms with Crippen LogP contribution >= 0.6 is 0 Å². The monoisotopic (exact) mass is 351 g/mol. The van der Waals surface area contributed by atoms with E-state index in [1.165, 1.54) is 17.8 Å². The molecule has 5 heteroatoms. The molecule has 4 rings (SSSR count). The molecule has 0 amide bonds. The van der Waals surface area contributed by atoms with Crippen molar-refractivity contribution in [2.45, 2.75) is 53.9 Å². The molecule has 138 valence electrons. The van der Waals surface area contributed by atoms with Gasteiger partial charge in [0.25, 0.3) is 0 Å². The van der Waals surface area contributed by atoms with Crippen molar-refractivity contribution in [2.24, 2.45) is 11.8 Å². The molecule has 0 spiro atoms. The summed E-state index contributed by atoms with van der Waals surface area (Å²) in [4.78, 5) is 12.1. The molecule has 0 aromatic carbocycles. The van der Waals surface area contributed by atoms with Gasteiger partial charge in [-0.1, -0.05) is 27.2 Å². The van der Waals surface area contributed by atoms with Crippen molar-refractivity contribution >= 4 is 22.5 Å².